The molecule has 136 valence electrons. The van der Waals surface area contributed by atoms with Gasteiger partial charge < -0.3 is 14.5 Å². The van der Waals surface area contributed by atoms with Crippen LogP contribution >= 0.6 is 0 Å². The van der Waals surface area contributed by atoms with E-state index in [9.17, 15) is 9.59 Å². The van der Waals surface area contributed by atoms with Crippen molar-refractivity contribution in [2.75, 3.05) is 38.3 Å². The molecule has 0 aliphatic carbocycles. The zero-order valence-corrected chi connectivity index (χ0v) is 14.7. The van der Waals surface area contributed by atoms with Crippen LogP contribution in [0.2, 0.25) is 0 Å². The summed E-state index contributed by atoms with van der Waals surface area (Å²) in [5, 5.41) is 5.70. The van der Waals surface area contributed by atoms with Crippen molar-refractivity contribution in [2.24, 2.45) is 9.98 Å². The van der Waals surface area contributed by atoms with E-state index < -0.39 is 5.66 Å². The van der Waals surface area contributed by atoms with Gasteiger partial charge in [-0.15, -0.1) is 0 Å². The van der Waals surface area contributed by atoms with Crippen LogP contribution in [0.15, 0.2) is 34.3 Å². The van der Waals surface area contributed by atoms with Crippen molar-refractivity contribution < 1.29 is 14.3 Å². The number of carbonyl (C=O) groups is 2. The molecule has 3 heterocycles. The Bertz CT molecular complexity index is 830. The molecule has 1 atom stereocenters. The number of benzene rings is 1. The second-order valence-electron chi connectivity index (χ2n) is 6.35. The van der Waals surface area contributed by atoms with Gasteiger partial charge >= 0.3 is 0 Å². The third-order valence-corrected chi connectivity index (χ3v) is 4.62. The van der Waals surface area contributed by atoms with Gasteiger partial charge in [-0.1, -0.05) is 18.2 Å². The zero-order chi connectivity index (χ0) is 18.3. The van der Waals surface area contributed by atoms with E-state index in [4.69, 9.17) is 9.73 Å². The Balaban J connectivity index is 1.84. The Labute approximate surface area is 150 Å². The molecule has 9 heteroatoms. The van der Waals surface area contributed by atoms with Crippen LogP contribution in [0.3, 0.4) is 0 Å². The van der Waals surface area contributed by atoms with E-state index in [1.54, 1.807) is 11.9 Å². The third-order valence-electron chi connectivity index (χ3n) is 4.62. The smallest absolute Gasteiger partial charge is 0.282 e. The van der Waals surface area contributed by atoms with Crippen molar-refractivity contribution in [3.63, 3.8) is 0 Å². The first-order valence-electron chi connectivity index (χ1n) is 8.46. The Kier molecular flexibility index (Phi) is 3.87. The summed E-state index contributed by atoms with van der Waals surface area (Å²) in [5.74, 6) is 0.188. The minimum Gasteiger partial charge on any atom is -0.378 e. The molecule has 1 aromatic carbocycles. The van der Waals surface area contributed by atoms with E-state index >= 15 is 0 Å². The second-order valence-corrected chi connectivity index (χ2v) is 6.35. The number of rotatable bonds is 0. The molecule has 2 amide bonds. The number of amides is 2. The first kappa shape index (κ1) is 16.5. The number of nitrogens with one attached hydrogen (secondary N) is 2. The standard InChI is InChI=1S/C17H20N6O3/c1-11(24)18-15-19-16(23-7-9-26-10-8-23)21-17(20-15)12-5-3-4-6-13(12)22(2)14(17)25/h3-6H,7-10H2,1-2H3,(H2,18,19,20,21,24)/t17-/m1/s1. The maximum Gasteiger partial charge on any atom is 0.282 e. The fourth-order valence-electron chi connectivity index (χ4n) is 3.39. The lowest BCUT2D eigenvalue weighted by Crippen LogP contribution is -2.57. The Morgan fingerprint density at radius 3 is 2.73 bits per heavy atom. The highest BCUT2D eigenvalue weighted by Gasteiger charge is 2.52. The average Bonchev–Trinajstić information content (AvgIpc) is 2.84. The van der Waals surface area contributed by atoms with E-state index in [-0.39, 0.29) is 17.8 Å². The van der Waals surface area contributed by atoms with Gasteiger partial charge in [-0.05, 0) is 6.07 Å². The van der Waals surface area contributed by atoms with Gasteiger partial charge in [0.05, 0.1) is 18.9 Å². The Morgan fingerprint density at radius 1 is 1.27 bits per heavy atom. The molecule has 3 aliphatic rings. The van der Waals surface area contributed by atoms with Gasteiger partial charge in [0.25, 0.3) is 11.6 Å². The predicted molar refractivity (Wildman–Crippen MR) is 95.7 cm³/mol. The molecule has 4 rings (SSSR count). The van der Waals surface area contributed by atoms with Gasteiger partial charge in [0.2, 0.25) is 17.8 Å². The quantitative estimate of drug-likeness (QED) is 0.659. The zero-order valence-electron chi connectivity index (χ0n) is 14.7. The number of para-hydroxylation sites is 1. The van der Waals surface area contributed by atoms with Gasteiger partial charge in [-0.25, -0.2) is 9.98 Å². The van der Waals surface area contributed by atoms with E-state index in [1.165, 1.54) is 6.92 Å². The van der Waals surface area contributed by atoms with Gasteiger partial charge in [0.15, 0.2) is 0 Å². The van der Waals surface area contributed by atoms with Gasteiger partial charge in [-0.3, -0.25) is 20.2 Å². The molecule has 1 aromatic rings. The van der Waals surface area contributed by atoms with Crippen LogP contribution in [-0.4, -0.2) is 62.0 Å². The highest BCUT2D eigenvalue weighted by atomic mass is 16.5. The molecule has 1 spiro atoms. The van der Waals surface area contributed by atoms with Crippen molar-refractivity contribution in [3.05, 3.63) is 29.8 Å². The number of anilines is 1. The number of aliphatic imine (C=N–C) groups is 2. The lowest BCUT2D eigenvalue weighted by atomic mass is 10.0. The van der Waals surface area contributed by atoms with Crippen molar-refractivity contribution >= 4 is 29.4 Å². The van der Waals surface area contributed by atoms with Crippen molar-refractivity contribution in [3.8, 4) is 0 Å². The first-order chi connectivity index (χ1) is 12.5. The van der Waals surface area contributed by atoms with E-state index in [0.717, 1.165) is 5.69 Å². The van der Waals surface area contributed by atoms with Crippen LogP contribution in [0.4, 0.5) is 5.69 Å². The number of ether oxygens (including phenoxy) is 1. The van der Waals surface area contributed by atoms with Gasteiger partial charge in [-0.2, -0.15) is 0 Å². The monoisotopic (exact) mass is 356 g/mol. The Hall–Kier alpha value is -2.94. The van der Waals surface area contributed by atoms with Crippen molar-refractivity contribution in [2.45, 2.75) is 12.6 Å². The molecule has 3 aliphatic heterocycles. The summed E-state index contributed by atoms with van der Waals surface area (Å²) >= 11 is 0. The second kappa shape index (κ2) is 6.10. The summed E-state index contributed by atoms with van der Waals surface area (Å²) in [7, 11) is 1.70. The Morgan fingerprint density at radius 2 is 2.00 bits per heavy atom. The molecule has 0 radical (unpaired) electrons. The molecule has 26 heavy (non-hydrogen) atoms. The summed E-state index contributed by atoms with van der Waals surface area (Å²) in [5.41, 5.74) is 0.0279. The van der Waals surface area contributed by atoms with E-state index in [1.807, 2.05) is 29.2 Å². The molecular formula is C17H20N6O3. The molecule has 1 saturated heterocycles. The van der Waals surface area contributed by atoms with Crippen LogP contribution < -0.4 is 15.5 Å². The molecule has 0 unspecified atom stereocenters. The van der Waals surface area contributed by atoms with Gasteiger partial charge in [0, 0.05) is 32.6 Å². The molecule has 0 aromatic heterocycles. The van der Waals surface area contributed by atoms with E-state index in [2.05, 4.69) is 15.6 Å². The third kappa shape index (κ3) is 2.51. The molecular weight excluding hydrogens is 336 g/mol. The van der Waals surface area contributed by atoms with Crippen LogP contribution in [0.1, 0.15) is 12.5 Å². The predicted octanol–water partition coefficient (Wildman–Crippen LogP) is -0.401. The van der Waals surface area contributed by atoms with Crippen LogP contribution in [0, 0.1) is 0 Å². The molecule has 0 saturated carbocycles. The normalized spacial score (nSPS) is 24.8. The topological polar surface area (TPSA) is 98.6 Å². The summed E-state index contributed by atoms with van der Waals surface area (Å²) < 4.78 is 5.39. The van der Waals surface area contributed by atoms with E-state index in [0.29, 0.717) is 37.8 Å². The van der Waals surface area contributed by atoms with Crippen LogP contribution in [-0.2, 0) is 20.0 Å². The number of morpholine rings is 1. The summed E-state index contributed by atoms with van der Waals surface area (Å²) in [6.45, 7) is 3.82. The number of hydrogen-bond acceptors (Lipinski definition) is 7. The maximum atomic E-state index is 13.1. The largest absolute Gasteiger partial charge is 0.378 e. The van der Waals surface area contributed by atoms with Crippen LogP contribution in [0.25, 0.3) is 0 Å². The minimum absolute atomic E-state index is 0.215. The first-order valence-corrected chi connectivity index (χ1v) is 8.46. The lowest BCUT2D eigenvalue weighted by molar-refractivity contribution is -0.122. The average molecular weight is 356 g/mol. The molecule has 1 fully saturated rings. The highest BCUT2D eigenvalue weighted by molar-refractivity contribution is 6.14. The fourth-order valence-corrected chi connectivity index (χ4v) is 3.39. The van der Waals surface area contributed by atoms with Crippen molar-refractivity contribution in [1.82, 2.24) is 15.5 Å². The number of likely N-dealkylation sites (N-methyl/N-ethyl adjacent to an activating group) is 1. The van der Waals surface area contributed by atoms with Gasteiger partial charge in [0.1, 0.15) is 0 Å². The van der Waals surface area contributed by atoms with Crippen molar-refractivity contribution in [1.29, 1.82) is 0 Å². The number of carbonyl (C=O) groups excluding carboxylic acids is 2. The highest BCUT2D eigenvalue weighted by Crippen LogP contribution is 2.44. The fraction of sp³-hybridized carbons (Fsp3) is 0.412. The number of guanidine groups is 2. The molecule has 9 nitrogen and oxygen atoms in total. The summed E-state index contributed by atoms with van der Waals surface area (Å²) in [4.78, 5) is 37.5. The molecule has 0 bridgehead atoms. The number of hydrogen-bond donors (Lipinski definition) is 2. The SMILES string of the molecule is CC(=O)NC1=N[C@]2(N=C(N3CCOCC3)N1)C(=O)N(C)c1ccccc12. The maximum absolute atomic E-state index is 13.1. The number of fused-ring (bicyclic) bond motifs is 2. The lowest BCUT2D eigenvalue weighted by Gasteiger charge is -2.35. The molecule has 2 N–H and O–H groups in total. The van der Waals surface area contributed by atoms with Crippen LogP contribution in [0.5, 0.6) is 0 Å². The summed E-state index contributed by atoms with van der Waals surface area (Å²) in [6, 6.07) is 7.43. The minimum atomic E-state index is -1.43. The number of nitrogens with zero attached hydrogens (tertiary/aromatic N) is 4. The summed E-state index contributed by atoms with van der Waals surface area (Å²) in [6.07, 6.45) is 0.